The van der Waals surface area contributed by atoms with Crippen molar-refractivity contribution in [3.05, 3.63) is 65.0 Å². The van der Waals surface area contributed by atoms with Gasteiger partial charge in [-0.2, -0.15) is 0 Å². The average Bonchev–Trinajstić information content (AvgIpc) is 3.17. The third-order valence-corrected chi connectivity index (χ3v) is 4.61. The molecule has 1 aliphatic carbocycles. The van der Waals surface area contributed by atoms with Gasteiger partial charge in [-0.3, -0.25) is 4.79 Å². The number of aromatic carboxylic acids is 1. The van der Waals surface area contributed by atoms with E-state index in [-0.39, 0.29) is 23.2 Å². The van der Waals surface area contributed by atoms with Gasteiger partial charge in [0, 0.05) is 11.6 Å². The zero-order valence-corrected chi connectivity index (χ0v) is 11.5. The molecule has 0 aromatic heterocycles. The van der Waals surface area contributed by atoms with E-state index in [1.54, 1.807) is 24.3 Å². The zero-order chi connectivity index (χ0) is 15.5. The van der Waals surface area contributed by atoms with E-state index in [1.807, 2.05) is 0 Å². The zero-order valence-electron chi connectivity index (χ0n) is 11.5. The standard InChI is InChI=1S/C17H12FNO3/c18-11-3-1-2-9(6-11)13-8-17(13)12-7-10(15(20)21)4-5-14(12)19-16(17)22/h1-7,13H,8H2,(H,19,22)(H,20,21)/t13-,17+/m0/s1. The lowest BCUT2D eigenvalue weighted by molar-refractivity contribution is -0.118. The molecule has 1 fully saturated rings. The number of fused-ring (bicyclic) bond motifs is 2. The fourth-order valence-corrected chi connectivity index (χ4v) is 3.45. The van der Waals surface area contributed by atoms with Crippen LogP contribution < -0.4 is 5.32 Å². The van der Waals surface area contributed by atoms with Gasteiger partial charge >= 0.3 is 5.97 Å². The van der Waals surface area contributed by atoms with Gasteiger partial charge in [0.1, 0.15) is 5.82 Å². The van der Waals surface area contributed by atoms with Crippen LogP contribution in [0, 0.1) is 5.82 Å². The van der Waals surface area contributed by atoms with E-state index in [9.17, 15) is 14.0 Å². The average molecular weight is 297 g/mol. The monoisotopic (exact) mass is 297 g/mol. The van der Waals surface area contributed by atoms with Crippen LogP contribution in [0.5, 0.6) is 0 Å². The Morgan fingerprint density at radius 3 is 2.82 bits per heavy atom. The van der Waals surface area contributed by atoms with Crippen LogP contribution in [0.25, 0.3) is 0 Å². The molecule has 1 aliphatic heterocycles. The van der Waals surface area contributed by atoms with E-state index >= 15 is 0 Å². The van der Waals surface area contributed by atoms with Crippen molar-refractivity contribution in [1.29, 1.82) is 0 Å². The SMILES string of the molecule is O=C(O)c1ccc2c(c1)[C@@]1(C[C@H]1c1cccc(F)c1)C(=O)N2. The maximum atomic E-state index is 13.4. The summed E-state index contributed by atoms with van der Waals surface area (Å²) in [6.45, 7) is 0. The molecule has 2 N–H and O–H groups in total. The molecule has 22 heavy (non-hydrogen) atoms. The molecule has 0 unspecified atom stereocenters. The minimum atomic E-state index is -1.03. The Bertz CT molecular complexity index is 832. The highest BCUT2D eigenvalue weighted by Crippen LogP contribution is 2.65. The second-order valence-electron chi connectivity index (χ2n) is 5.80. The largest absolute Gasteiger partial charge is 0.478 e. The smallest absolute Gasteiger partial charge is 0.335 e. The van der Waals surface area contributed by atoms with Crippen molar-refractivity contribution in [2.45, 2.75) is 17.8 Å². The predicted octanol–water partition coefficient (Wildman–Crippen LogP) is 2.90. The van der Waals surface area contributed by atoms with Gasteiger partial charge in [-0.1, -0.05) is 12.1 Å². The molecule has 4 nitrogen and oxygen atoms in total. The highest BCUT2D eigenvalue weighted by atomic mass is 19.1. The molecule has 110 valence electrons. The van der Waals surface area contributed by atoms with Gasteiger partial charge in [-0.05, 0) is 47.9 Å². The van der Waals surface area contributed by atoms with Gasteiger partial charge in [0.2, 0.25) is 5.91 Å². The third kappa shape index (κ3) is 1.62. The first kappa shape index (κ1) is 13.0. The molecule has 5 heteroatoms. The van der Waals surface area contributed by atoms with E-state index in [2.05, 4.69) is 5.32 Å². The summed E-state index contributed by atoms with van der Waals surface area (Å²) in [6, 6.07) is 10.9. The van der Waals surface area contributed by atoms with Crippen molar-refractivity contribution >= 4 is 17.6 Å². The minimum Gasteiger partial charge on any atom is -0.478 e. The molecule has 0 bridgehead atoms. The third-order valence-electron chi connectivity index (χ3n) is 4.61. The maximum Gasteiger partial charge on any atom is 0.335 e. The van der Waals surface area contributed by atoms with Crippen molar-refractivity contribution in [2.75, 3.05) is 5.32 Å². The summed E-state index contributed by atoms with van der Waals surface area (Å²) in [4.78, 5) is 23.6. The summed E-state index contributed by atoms with van der Waals surface area (Å²) >= 11 is 0. The fraction of sp³-hybridized carbons (Fsp3) is 0.176. The molecule has 0 saturated heterocycles. The van der Waals surface area contributed by atoms with Crippen molar-refractivity contribution < 1.29 is 19.1 Å². The van der Waals surface area contributed by atoms with E-state index in [0.29, 0.717) is 17.7 Å². The van der Waals surface area contributed by atoms with Crippen molar-refractivity contribution in [3.8, 4) is 0 Å². The number of amides is 1. The van der Waals surface area contributed by atoms with E-state index in [1.165, 1.54) is 18.2 Å². The van der Waals surface area contributed by atoms with Crippen LogP contribution >= 0.6 is 0 Å². The lowest BCUT2D eigenvalue weighted by Gasteiger charge is -2.09. The number of carbonyl (C=O) groups is 2. The minimum absolute atomic E-state index is 0.117. The van der Waals surface area contributed by atoms with Gasteiger partial charge in [0.05, 0.1) is 11.0 Å². The number of nitrogens with one attached hydrogen (secondary N) is 1. The summed E-state index contributed by atoms with van der Waals surface area (Å²) in [5, 5.41) is 11.9. The number of carbonyl (C=O) groups excluding carboxylic acids is 1. The molecule has 2 atom stereocenters. The van der Waals surface area contributed by atoms with E-state index in [0.717, 1.165) is 5.56 Å². The lowest BCUT2D eigenvalue weighted by Crippen LogP contribution is -2.21. The van der Waals surface area contributed by atoms with Gasteiger partial charge in [-0.25, -0.2) is 9.18 Å². The molecular formula is C17H12FNO3. The Morgan fingerprint density at radius 2 is 2.09 bits per heavy atom. The first-order valence-electron chi connectivity index (χ1n) is 6.97. The molecule has 1 saturated carbocycles. The second-order valence-corrected chi connectivity index (χ2v) is 5.80. The summed E-state index contributed by atoms with van der Waals surface area (Å²) in [6.07, 6.45) is 0.568. The highest BCUT2D eigenvalue weighted by molar-refractivity contribution is 6.10. The van der Waals surface area contributed by atoms with Crippen LogP contribution in [0.2, 0.25) is 0 Å². The number of halogens is 1. The van der Waals surface area contributed by atoms with Gasteiger partial charge in [0.25, 0.3) is 0 Å². The molecule has 4 rings (SSSR count). The molecule has 1 amide bonds. The normalized spacial score (nSPS) is 25.0. The number of carboxylic acid groups (broad SMARTS) is 1. The number of hydrogen-bond donors (Lipinski definition) is 2. The molecule has 2 aromatic carbocycles. The number of rotatable bonds is 2. The van der Waals surface area contributed by atoms with Gasteiger partial charge < -0.3 is 10.4 Å². The number of anilines is 1. The molecule has 0 radical (unpaired) electrons. The first-order valence-corrected chi connectivity index (χ1v) is 6.97. The Hall–Kier alpha value is -2.69. The summed E-state index contributed by atoms with van der Waals surface area (Å²) in [7, 11) is 0. The van der Waals surface area contributed by atoms with Gasteiger partial charge in [-0.15, -0.1) is 0 Å². The fourth-order valence-electron chi connectivity index (χ4n) is 3.45. The summed E-state index contributed by atoms with van der Waals surface area (Å²) in [5.74, 6) is -1.62. The lowest BCUT2D eigenvalue weighted by atomic mass is 9.91. The summed E-state index contributed by atoms with van der Waals surface area (Å²) < 4.78 is 13.4. The molecule has 1 heterocycles. The van der Waals surface area contributed by atoms with Crippen molar-refractivity contribution in [2.24, 2.45) is 0 Å². The van der Waals surface area contributed by atoms with Crippen molar-refractivity contribution in [1.82, 2.24) is 0 Å². The molecule has 1 spiro atoms. The van der Waals surface area contributed by atoms with Crippen LogP contribution in [0.15, 0.2) is 42.5 Å². The summed E-state index contributed by atoms with van der Waals surface area (Å²) in [5.41, 5.74) is 1.51. The van der Waals surface area contributed by atoms with Crippen LogP contribution in [-0.2, 0) is 10.2 Å². The van der Waals surface area contributed by atoms with Gasteiger partial charge in [0.15, 0.2) is 0 Å². The predicted molar refractivity (Wildman–Crippen MR) is 77.5 cm³/mol. The van der Waals surface area contributed by atoms with Crippen molar-refractivity contribution in [3.63, 3.8) is 0 Å². The Balaban J connectivity index is 1.81. The number of carboxylic acids is 1. The van der Waals surface area contributed by atoms with Crippen LogP contribution in [0.4, 0.5) is 10.1 Å². The molecule has 2 aliphatic rings. The maximum absolute atomic E-state index is 13.4. The second kappa shape index (κ2) is 4.16. The number of hydrogen-bond acceptors (Lipinski definition) is 2. The quantitative estimate of drug-likeness (QED) is 0.895. The van der Waals surface area contributed by atoms with Crippen LogP contribution in [0.1, 0.15) is 33.8 Å². The topological polar surface area (TPSA) is 66.4 Å². The first-order chi connectivity index (χ1) is 10.5. The van der Waals surface area contributed by atoms with Crippen LogP contribution in [0.3, 0.4) is 0 Å². The Labute approximate surface area is 125 Å². The van der Waals surface area contributed by atoms with Crippen LogP contribution in [-0.4, -0.2) is 17.0 Å². The van der Waals surface area contributed by atoms with E-state index in [4.69, 9.17) is 5.11 Å². The van der Waals surface area contributed by atoms with E-state index < -0.39 is 11.4 Å². The Morgan fingerprint density at radius 1 is 1.27 bits per heavy atom. The molecular weight excluding hydrogens is 285 g/mol. The number of benzene rings is 2. The highest BCUT2D eigenvalue weighted by Gasteiger charge is 2.65. The Kier molecular flexibility index (Phi) is 2.46. The molecule has 2 aromatic rings.